The summed E-state index contributed by atoms with van der Waals surface area (Å²) in [5.74, 6) is -0.296. The van der Waals surface area contributed by atoms with Gasteiger partial charge in [-0.1, -0.05) is 12.1 Å². The highest BCUT2D eigenvalue weighted by Gasteiger charge is 2.36. The van der Waals surface area contributed by atoms with Crippen molar-refractivity contribution in [1.82, 2.24) is 10.2 Å². The Kier molecular flexibility index (Phi) is 5.03. The quantitative estimate of drug-likeness (QED) is 0.821. The molecule has 2 rings (SSSR count). The van der Waals surface area contributed by atoms with E-state index in [2.05, 4.69) is 5.32 Å². The smallest absolute Gasteiger partial charge is 0.317 e. The molecule has 0 aromatic heterocycles. The maximum Gasteiger partial charge on any atom is 0.317 e. The minimum absolute atomic E-state index is 0.00152. The van der Waals surface area contributed by atoms with E-state index in [9.17, 15) is 9.59 Å². The second kappa shape index (κ2) is 6.79. The number of benzene rings is 1. The van der Waals surface area contributed by atoms with Crippen molar-refractivity contribution < 1.29 is 19.4 Å². The molecule has 1 saturated heterocycles. The van der Waals surface area contributed by atoms with Gasteiger partial charge in [0.1, 0.15) is 5.75 Å². The molecule has 0 unspecified atom stereocenters. The Balaban J connectivity index is 1.82. The third-order valence-electron chi connectivity index (χ3n) is 3.84. The molecule has 1 heterocycles. The predicted octanol–water partition coefficient (Wildman–Crippen LogP) is 1.04. The van der Waals surface area contributed by atoms with Gasteiger partial charge in [0, 0.05) is 18.6 Å². The van der Waals surface area contributed by atoms with Crippen LogP contribution >= 0.6 is 0 Å². The van der Waals surface area contributed by atoms with Crippen molar-refractivity contribution in [3.05, 3.63) is 29.8 Å². The summed E-state index contributed by atoms with van der Waals surface area (Å²) in [4.78, 5) is 24.5. The molecular weight excluding hydrogens is 284 g/mol. The van der Waals surface area contributed by atoms with Crippen molar-refractivity contribution in [2.75, 3.05) is 26.2 Å². The molecule has 1 aliphatic heterocycles. The van der Waals surface area contributed by atoms with Gasteiger partial charge in [-0.2, -0.15) is 0 Å². The van der Waals surface area contributed by atoms with Gasteiger partial charge in [0.05, 0.1) is 6.54 Å². The fraction of sp³-hybridized carbons (Fsp3) is 0.500. The van der Waals surface area contributed by atoms with Crippen molar-refractivity contribution in [2.24, 2.45) is 0 Å². The van der Waals surface area contributed by atoms with Crippen LogP contribution in [0.5, 0.6) is 5.75 Å². The standard InChI is InChI=1S/C16H22N2O4/c1-12-4-3-5-13(8-12)22-10-14(19)18-7-6-16(2,11-18)17-9-15(20)21/h3-5,8,17H,6-7,9-11H2,1-2H3,(H,20,21)/t16-/m1/s1. The third-order valence-corrected chi connectivity index (χ3v) is 3.84. The minimum Gasteiger partial charge on any atom is -0.484 e. The van der Waals surface area contributed by atoms with Gasteiger partial charge in [0.2, 0.25) is 0 Å². The van der Waals surface area contributed by atoms with Gasteiger partial charge in [0.25, 0.3) is 5.91 Å². The van der Waals surface area contributed by atoms with Crippen LogP contribution in [0.3, 0.4) is 0 Å². The lowest BCUT2D eigenvalue weighted by atomic mass is 10.0. The van der Waals surface area contributed by atoms with Crippen molar-refractivity contribution in [2.45, 2.75) is 25.8 Å². The molecule has 6 nitrogen and oxygen atoms in total. The van der Waals surface area contributed by atoms with Crippen LogP contribution in [0.4, 0.5) is 0 Å². The first-order chi connectivity index (χ1) is 10.4. The highest BCUT2D eigenvalue weighted by atomic mass is 16.5. The van der Waals surface area contributed by atoms with Crippen LogP contribution < -0.4 is 10.1 Å². The number of ether oxygens (including phenoxy) is 1. The van der Waals surface area contributed by atoms with E-state index >= 15 is 0 Å². The van der Waals surface area contributed by atoms with Crippen molar-refractivity contribution in [3.63, 3.8) is 0 Å². The number of nitrogens with one attached hydrogen (secondary N) is 1. The van der Waals surface area contributed by atoms with Crippen LogP contribution in [0.15, 0.2) is 24.3 Å². The molecule has 1 amide bonds. The van der Waals surface area contributed by atoms with Gasteiger partial charge in [-0.25, -0.2) is 0 Å². The molecular formula is C16H22N2O4. The molecule has 0 radical (unpaired) electrons. The number of hydrogen-bond acceptors (Lipinski definition) is 4. The molecule has 120 valence electrons. The zero-order valence-electron chi connectivity index (χ0n) is 13.0. The van der Waals surface area contributed by atoms with E-state index < -0.39 is 5.97 Å². The Labute approximate surface area is 130 Å². The molecule has 1 aromatic rings. The van der Waals surface area contributed by atoms with E-state index in [1.54, 1.807) is 4.90 Å². The maximum atomic E-state index is 12.2. The average Bonchev–Trinajstić information content (AvgIpc) is 2.86. The van der Waals surface area contributed by atoms with Gasteiger partial charge >= 0.3 is 5.97 Å². The molecule has 2 N–H and O–H groups in total. The molecule has 22 heavy (non-hydrogen) atoms. The molecule has 1 fully saturated rings. The number of aryl methyl sites for hydroxylation is 1. The van der Waals surface area contributed by atoms with Gasteiger partial charge < -0.3 is 14.7 Å². The summed E-state index contributed by atoms with van der Waals surface area (Å²) in [6.45, 7) is 4.91. The van der Waals surface area contributed by atoms with Gasteiger partial charge in [-0.05, 0) is 38.0 Å². The number of carbonyl (C=O) groups is 2. The molecule has 6 heteroatoms. The zero-order chi connectivity index (χ0) is 16.2. The van der Waals surface area contributed by atoms with Crippen LogP contribution in [-0.4, -0.2) is 53.7 Å². The Bertz CT molecular complexity index is 561. The lowest BCUT2D eigenvalue weighted by Crippen LogP contribution is -2.48. The fourth-order valence-corrected chi connectivity index (χ4v) is 2.55. The summed E-state index contributed by atoms with van der Waals surface area (Å²) in [6.07, 6.45) is 0.733. The number of nitrogens with zero attached hydrogens (tertiary/aromatic N) is 1. The molecule has 1 aromatic carbocycles. The van der Waals surface area contributed by atoms with Crippen LogP contribution in [0.1, 0.15) is 18.9 Å². The Morgan fingerprint density at radius 3 is 2.91 bits per heavy atom. The SMILES string of the molecule is Cc1cccc(OCC(=O)N2CC[C@@](C)(NCC(=O)O)C2)c1. The molecule has 1 aliphatic rings. The Morgan fingerprint density at radius 1 is 1.45 bits per heavy atom. The van der Waals surface area contributed by atoms with E-state index in [1.165, 1.54) is 0 Å². The summed E-state index contributed by atoms with van der Waals surface area (Å²) in [5.41, 5.74) is 0.730. The number of hydrogen-bond donors (Lipinski definition) is 2. The molecule has 0 bridgehead atoms. The molecule has 0 aliphatic carbocycles. The first-order valence-electron chi connectivity index (χ1n) is 7.32. The first-order valence-corrected chi connectivity index (χ1v) is 7.32. The minimum atomic E-state index is -0.895. The van der Waals surface area contributed by atoms with E-state index in [1.807, 2.05) is 38.1 Å². The van der Waals surface area contributed by atoms with Crippen LogP contribution in [-0.2, 0) is 9.59 Å². The average molecular weight is 306 g/mol. The number of carboxylic acids is 1. The number of carboxylic acid groups (broad SMARTS) is 1. The van der Waals surface area contributed by atoms with Gasteiger partial charge in [-0.15, -0.1) is 0 Å². The summed E-state index contributed by atoms with van der Waals surface area (Å²) < 4.78 is 5.52. The number of amides is 1. The topological polar surface area (TPSA) is 78.9 Å². The lowest BCUT2D eigenvalue weighted by molar-refractivity contribution is -0.136. The first kappa shape index (κ1) is 16.3. The van der Waals surface area contributed by atoms with Crippen molar-refractivity contribution >= 4 is 11.9 Å². The largest absolute Gasteiger partial charge is 0.484 e. The van der Waals surface area contributed by atoms with Crippen molar-refractivity contribution in [3.8, 4) is 5.75 Å². The van der Waals surface area contributed by atoms with Gasteiger partial charge in [0.15, 0.2) is 6.61 Å². The zero-order valence-corrected chi connectivity index (χ0v) is 13.0. The van der Waals surface area contributed by atoms with Crippen LogP contribution in [0.2, 0.25) is 0 Å². The van der Waals surface area contributed by atoms with E-state index in [0.717, 1.165) is 12.0 Å². The number of likely N-dealkylation sites (tertiary alicyclic amines) is 1. The maximum absolute atomic E-state index is 12.2. The second-order valence-electron chi connectivity index (χ2n) is 5.98. The summed E-state index contributed by atoms with van der Waals surface area (Å²) >= 11 is 0. The fourth-order valence-electron chi connectivity index (χ4n) is 2.55. The monoisotopic (exact) mass is 306 g/mol. The van der Waals surface area contributed by atoms with Crippen LogP contribution in [0.25, 0.3) is 0 Å². The summed E-state index contributed by atoms with van der Waals surface area (Å²) in [7, 11) is 0. The number of carbonyl (C=O) groups excluding carboxylic acids is 1. The molecule has 0 spiro atoms. The third kappa shape index (κ3) is 4.46. The van der Waals surface area contributed by atoms with E-state index in [4.69, 9.17) is 9.84 Å². The summed E-state index contributed by atoms with van der Waals surface area (Å²) in [6, 6.07) is 7.56. The number of aliphatic carboxylic acids is 1. The van der Waals surface area contributed by atoms with Crippen LogP contribution in [0, 0.1) is 6.92 Å². The lowest BCUT2D eigenvalue weighted by Gasteiger charge is -2.25. The highest BCUT2D eigenvalue weighted by molar-refractivity contribution is 5.78. The Morgan fingerprint density at radius 2 is 2.23 bits per heavy atom. The number of rotatable bonds is 6. The van der Waals surface area contributed by atoms with E-state index in [0.29, 0.717) is 18.8 Å². The van der Waals surface area contributed by atoms with Crippen molar-refractivity contribution in [1.29, 1.82) is 0 Å². The Hall–Kier alpha value is -2.08. The summed E-state index contributed by atoms with van der Waals surface area (Å²) in [5, 5.41) is 11.7. The van der Waals surface area contributed by atoms with E-state index in [-0.39, 0.29) is 24.6 Å². The predicted molar refractivity (Wildman–Crippen MR) is 81.9 cm³/mol. The normalized spacial score (nSPS) is 20.9. The van der Waals surface area contributed by atoms with Gasteiger partial charge in [-0.3, -0.25) is 14.9 Å². The highest BCUT2D eigenvalue weighted by Crippen LogP contribution is 2.21. The molecule has 1 atom stereocenters. The second-order valence-corrected chi connectivity index (χ2v) is 5.98. The molecule has 0 saturated carbocycles.